The molecule has 0 radical (unpaired) electrons. The van der Waals surface area contributed by atoms with E-state index in [0.717, 1.165) is 27.4 Å². The van der Waals surface area contributed by atoms with Crippen LogP contribution in [0.4, 0.5) is 5.69 Å². The minimum atomic E-state index is -0.254. The minimum Gasteiger partial charge on any atom is -0.310 e. The zero-order chi connectivity index (χ0) is 17.4. The van der Waals surface area contributed by atoms with Crippen LogP contribution < -0.4 is 4.90 Å². The number of imide groups is 1. The number of benzene rings is 1. The van der Waals surface area contributed by atoms with Crippen molar-refractivity contribution in [2.45, 2.75) is 25.2 Å². The molecule has 2 aromatic rings. The molecule has 5 nitrogen and oxygen atoms in total. The van der Waals surface area contributed by atoms with Crippen molar-refractivity contribution in [2.75, 3.05) is 18.0 Å². The van der Waals surface area contributed by atoms with E-state index in [0.29, 0.717) is 6.54 Å². The predicted octanol–water partition coefficient (Wildman–Crippen LogP) is 2.57. The summed E-state index contributed by atoms with van der Waals surface area (Å²) in [6.07, 6.45) is 1.39. The van der Waals surface area contributed by atoms with Gasteiger partial charge in [0.2, 0.25) is 17.7 Å². The number of nitrogens with zero attached hydrogens (tertiary/aromatic N) is 2. The lowest BCUT2D eigenvalue weighted by Gasteiger charge is -2.30. The first-order chi connectivity index (χ1) is 12.1. The quantitative estimate of drug-likeness (QED) is 0.796. The zero-order valence-electron chi connectivity index (χ0n) is 13.7. The Balaban J connectivity index is 1.46. The molecule has 0 atom stereocenters. The van der Waals surface area contributed by atoms with Crippen molar-refractivity contribution >= 4 is 34.7 Å². The first-order valence-corrected chi connectivity index (χ1v) is 9.26. The lowest BCUT2D eigenvalue weighted by molar-refractivity contribution is -0.151. The van der Waals surface area contributed by atoms with Crippen molar-refractivity contribution in [2.24, 2.45) is 0 Å². The van der Waals surface area contributed by atoms with Crippen LogP contribution >= 0.6 is 11.3 Å². The molecule has 0 aliphatic carbocycles. The Morgan fingerprint density at radius 2 is 1.84 bits per heavy atom. The molecular weight excluding hydrogens is 336 g/mol. The third-order valence-electron chi connectivity index (χ3n) is 4.87. The van der Waals surface area contributed by atoms with Gasteiger partial charge in [0, 0.05) is 35.9 Å². The van der Waals surface area contributed by atoms with E-state index in [4.69, 9.17) is 0 Å². The highest BCUT2D eigenvalue weighted by Gasteiger charge is 2.36. The fourth-order valence-corrected chi connectivity index (χ4v) is 4.40. The molecule has 0 bridgehead atoms. The second kappa shape index (κ2) is 6.44. The normalized spacial score (nSPS) is 17.9. The summed E-state index contributed by atoms with van der Waals surface area (Å²) >= 11 is 1.56. The maximum Gasteiger partial charge on any atom is 0.247 e. The van der Waals surface area contributed by atoms with Crippen LogP contribution in [-0.2, 0) is 20.8 Å². The monoisotopic (exact) mass is 354 g/mol. The van der Waals surface area contributed by atoms with Gasteiger partial charge in [-0.1, -0.05) is 24.3 Å². The summed E-state index contributed by atoms with van der Waals surface area (Å²) in [4.78, 5) is 41.4. The number of thiophene rings is 1. The molecule has 4 rings (SSSR count). The number of anilines is 1. The number of carbonyl (C=O) groups is 3. The van der Waals surface area contributed by atoms with Crippen molar-refractivity contribution in [1.29, 1.82) is 0 Å². The van der Waals surface area contributed by atoms with Crippen molar-refractivity contribution in [3.8, 4) is 0 Å². The van der Waals surface area contributed by atoms with E-state index in [1.54, 1.807) is 16.2 Å². The number of amides is 3. The van der Waals surface area contributed by atoms with Gasteiger partial charge in [0.15, 0.2) is 0 Å². The van der Waals surface area contributed by atoms with Crippen LogP contribution in [0.2, 0.25) is 0 Å². The maximum absolute atomic E-state index is 12.7. The summed E-state index contributed by atoms with van der Waals surface area (Å²) in [5, 5.41) is 1.95. The van der Waals surface area contributed by atoms with E-state index in [2.05, 4.69) is 0 Å². The highest BCUT2D eigenvalue weighted by Crippen LogP contribution is 2.33. The largest absolute Gasteiger partial charge is 0.310 e. The number of rotatable bonds is 3. The molecule has 6 heteroatoms. The number of para-hydroxylation sites is 1. The van der Waals surface area contributed by atoms with Gasteiger partial charge in [-0.3, -0.25) is 19.3 Å². The molecule has 0 unspecified atom stereocenters. The number of fused-ring (bicyclic) bond motifs is 1. The van der Waals surface area contributed by atoms with Crippen LogP contribution in [0.15, 0.2) is 41.8 Å². The third-order valence-corrected chi connectivity index (χ3v) is 5.91. The highest BCUT2D eigenvalue weighted by atomic mass is 32.1. The summed E-state index contributed by atoms with van der Waals surface area (Å²) in [6.45, 7) is 0.440. The molecule has 1 saturated heterocycles. The zero-order valence-corrected chi connectivity index (χ0v) is 14.5. The first-order valence-electron chi connectivity index (χ1n) is 8.38. The molecule has 1 aromatic heterocycles. The Labute approximate surface area is 149 Å². The second-order valence-corrected chi connectivity index (χ2v) is 7.40. The van der Waals surface area contributed by atoms with E-state index in [1.807, 2.05) is 41.8 Å². The van der Waals surface area contributed by atoms with Gasteiger partial charge in [-0.25, -0.2) is 0 Å². The number of piperidine rings is 1. The van der Waals surface area contributed by atoms with Crippen LogP contribution in [0.5, 0.6) is 0 Å². The van der Waals surface area contributed by atoms with E-state index < -0.39 is 0 Å². The minimum absolute atomic E-state index is 0.0566. The van der Waals surface area contributed by atoms with Gasteiger partial charge in [0.25, 0.3) is 0 Å². The number of hydrogen-bond donors (Lipinski definition) is 0. The first kappa shape index (κ1) is 16.0. The van der Waals surface area contributed by atoms with Gasteiger partial charge in [0.05, 0.1) is 0 Å². The van der Waals surface area contributed by atoms with Gasteiger partial charge in [-0.15, -0.1) is 11.3 Å². The lowest BCUT2D eigenvalue weighted by Crippen LogP contribution is -2.48. The topological polar surface area (TPSA) is 57.7 Å². The number of likely N-dealkylation sites (tertiary alicyclic amines) is 1. The Morgan fingerprint density at radius 3 is 2.56 bits per heavy atom. The van der Waals surface area contributed by atoms with Gasteiger partial charge >= 0.3 is 0 Å². The van der Waals surface area contributed by atoms with E-state index in [-0.39, 0.29) is 43.0 Å². The summed E-state index contributed by atoms with van der Waals surface area (Å²) in [7, 11) is 0. The van der Waals surface area contributed by atoms with Gasteiger partial charge in [-0.2, -0.15) is 0 Å². The fourth-order valence-electron chi connectivity index (χ4n) is 3.57. The van der Waals surface area contributed by atoms with Gasteiger partial charge in [-0.05, 0) is 29.5 Å². The average Bonchev–Trinajstić information content (AvgIpc) is 3.27. The molecular formula is C19H18N2O3S. The standard InChI is InChI=1S/C19H18N2O3S/c22-17-10-14(16-6-3-9-25-16)11-18(23)21(17)12-19(24)20-8-7-13-4-1-2-5-15(13)20/h1-6,9,14H,7-8,10-12H2. The number of carbonyl (C=O) groups excluding carboxylic acids is 3. The molecule has 3 amide bonds. The second-order valence-electron chi connectivity index (χ2n) is 6.42. The molecule has 1 aromatic carbocycles. The third kappa shape index (κ3) is 2.98. The van der Waals surface area contributed by atoms with Crippen LogP contribution in [0, 0.1) is 0 Å². The molecule has 0 spiro atoms. The molecule has 0 N–H and O–H groups in total. The molecule has 25 heavy (non-hydrogen) atoms. The SMILES string of the molecule is O=C1CC(c2cccs2)CC(=O)N1CC(=O)N1CCc2ccccc21. The molecule has 0 saturated carbocycles. The Kier molecular flexibility index (Phi) is 4.13. The molecule has 128 valence electrons. The fraction of sp³-hybridized carbons (Fsp3) is 0.316. The van der Waals surface area contributed by atoms with E-state index >= 15 is 0 Å². The van der Waals surface area contributed by atoms with E-state index in [1.165, 1.54) is 0 Å². The Hall–Kier alpha value is -2.47. The molecule has 1 fully saturated rings. The van der Waals surface area contributed by atoms with Crippen LogP contribution in [-0.4, -0.2) is 35.7 Å². The van der Waals surface area contributed by atoms with Crippen LogP contribution in [0.3, 0.4) is 0 Å². The molecule has 3 heterocycles. The maximum atomic E-state index is 12.7. The van der Waals surface area contributed by atoms with Crippen molar-refractivity contribution in [3.63, 3.8) is 0 Å². The summed E-state index contributed by atoms with van der Waals surface area (Å²) in [6, 6.07) is 11.6. The summed E-state index contributed by atoms with van der Waals surface area (Å²) in [5.74, 6) is -0.758. The van der Waals surface area contributed by atoms with Crippen molar-refractivity contribution in [1.82, 2.24) is 4.90 Å². The Bertz CT molecular complexity index is 813. The lowest BCUT2D eigenvalue weighted by atomic mass is 9.94. The smallest absolute Gasteiger partial charge is 0.247 e. The van der Waals surface area contributed by atoms with Crippen molar-refractivity contribution < 1.29 is 14.4 Å². The molecule has 2 aliphatic heterocycles. The van der Waals surface area contributed by atoms with Crippen molar-refractivity contribution in [3.05, 3.63) is 52.2 Å². The van der Waals surface area contributed by atoms with Crippen LogP contribution in [0.1, 0.15) is 29.2 Å². The average molecular weight is 354 g/mol. The predicted molar refractivity (Wildman–Crippen MR) is 95.5 cm³/mol. The van der Waals surface area contributed by atoms with Gasteiger partial charge < -0.3 is 4.90 Å². The van der Waals surface area contributed by atoms with Crippen LogP contribution in [0.25, 0.3) is 0 Å². The highest BCUT2D eigenvalue weighted by molar-refractivity contribution is 7.10. The summed E-state index contributed by atoms with van der Waals surface area (Å²) in [5.41, 5.74) is 2.02. The number of hydrogen-bond acceptors (Lipinski definition) is 4. The Morgan fingerprint density at radius 1 is 1.08 bits per heavy atom. The van der Waals surface area contributed by atoms with Gasteiger partial charge in [0.1, 0.15) is 6.54 Å². The summed E-state index contributed by atoms with van der Waals surface area (Å²) < 4.78 is 0. The van der Waals surface area contributed by atoms with E-state index in [9.17, 15) is 14.4 Å². The molecule has 2 aliphatic rings.